The molecule has 2 aromatic carbocycles. The van der Waals surface area contributed by atoms with Gasteiger partial charge in [0, 0.05) is 63.3 Å². The van der Waals surface area contributed by atoms with Crippen LogP contribution in [0.3, 0.4) is 0 Å². The Kier molecular flexibility index (Phi) is 29.1. The quantitative estimate of drug-likeness (QED) is 0.0156. The molecule has 3 atom stereocenters. The Hall–Kier alpha value is -7.67. The van der Waals surface area contributed by atoms with E-state index in [-0.39, 0.29) is 74.3 Å². The Morgan fingerprint density at radius 2 is 1.00 bits per heavy atom. The summed E-state index contributed by atoms with van der Waals surface area (Å²) < 4.78 is 74.0. The average Bonchev–Trinajstić information content (AvgIpc) is 3.59. The Labute approximate surface area is 499 Å². The Morgan fingerprint density at radius 3 is 1.33 bits per heavy atom. The molecule has 0 bridgehead atoms. The van der Waals surface area contributed by atoms with Crippen molar-refractivity contribution in [2.75, 3.05) is 77.4 Å². The van der Waals surface area contributed by atoms with Gasteiger partial charge in [-0.05, 0) is 53.1 Å². The van der Waals surface area contributed by atoms with Gasteiger partial charge in [-0.15, -0.1) is 16.7 Å². The molecule has 480 valence electrons. The van der Waals surface area contributed by atoms with Gasteiger partial charge in [-0.3, -0.25) is 43.3 Å². The van der Waals surface area contributed by atoms with Gasteiger partial charge in [-0.25, -0.2) is 19.2 Å². The van der Waals surface area contributed by atoms with E-state index in [0.717, 1.165) is 31.5 Å². The molecule has 0 aliphatic heterocycles. The Balaban J connectivity index is 0.000000729. The lowest BCUT2D eigenvalue weighted by Gasteiger charge is -2.37. The van der Waals surface area contributed by atoms with E-state index in [2.05, 4.69) is 44.7 Å². The summed E-state index contributed by atoms with van der Waals surface area (Å²) in [5.74, 6) is -6.35. The van der Waals surface area contributed by atoms with Crippen molar-refractivity contribution in [3.63, 3.8) is 0 Å². The molecule has 0 fully saturated rings. The molecule has 4 aromatic rings. The zero-order valence-corrected chi connectivity index (χ0v) is 50.8. The number of benzene rings is 2. The standard InChI is InChI=1S/C27H38F3N7O5.C20H26ClN5O4.C7H13F3N2O.CH4/c1-17(2)13-36(6,34-25(41)27(28,29)30)16-23(39)33-37(7,14-20-12-31-26(42)35(5)24(20)40)15-22(38)32-21-10-8-19(9-11-21)18(3)4;1-13(2)14-5-7-16(8-6-14)23-18(28)12-26(4,24-17(27)9-21)11-15-10-22-20(30)25(3)19(15)29;1-5(2)4-12(3)11-6(13)7(8,9)10;/h8-12,17-18H,13-16H2,1-7H3,(H2-2,31,32,33,34,38,39,40,41,42);5-8,10,13H,9,11-12H2,1-4H3,(H2-,22,23,24,27,28,29,30);5H,4H2,1-3H3,(H,11,13);1H4/p+1/t36-,37-;26-;;/m00../s1. The van der Waals surface area contributed by atoms with Crippen molar-refractivity contribution < 1.29 is 69.5 Å². The topological polar surface area (TPSA) is 300 Å². The van der Waals surface area contributed by atoms with E-state index >= 15 is 0 Å². The first-order valence-electron chi connectivity index (χ1n) is 26.5. The summed E-state index contributed by atoms with van der Waals surface area (Å²) in [5.41, 5.74) is 4.69. The van der Waals surface area contributed by atoms with Gasteiger partial charge in [0.1, 0.15) is 26.2 Å². The predicted octanol–water partition coefficient (Wildman–Crippen LogP) is 3.65. The third-order valence-corrected chi connectivity index (χ3v) is 12.3. The molecule has 0 saturated heterocycles. The maximum atomic E-state index is 13.2. The van der Waals surface area contributed by atoms with Gasteiger partial charge in [-0.2, -0.15) is 41.0 Å². The van der Waals surface area contributed by atoms with Crippen molar-refractivity contribution in [2.45, 2.75) is 100 Å². The van der Waals surface area contributed by atoms with Crippen LogP contribution in [0.2, 0.25) is 0 Å². The number of quaternary nitrogens is 3. The number of aromatic nitrogens is 4. The molecule has 31 heteroatoms. The lowest BCUT2D eigenvalue weighted by atomic mass is 10.0. The highest BCUT2D eigenvalue weighted by Gasteiger charge is 2.44. The van der Waals surface area contributed by atoms with Gasteiger partial charge in [-0.1, -0.05) is 92.2 Å². The molecular weight excluding hydrogens is 1170 g/mol. The van der Waals surface area contributed by atoms with Crippen molar-refractivity contribution >= 4 is 58.4 Å². The van der Waals surface area contributed by atoms with E-state index in [1.807, 2.05) is 57.4 Å². The van der Waals surface area contributed by atoms with Gasteiger partial charge in [0.05, 0.1) is 44.0 Å². The lowest BCUT2D eigenvalue weighted by Crippen LogP contribution is -2.64. The smallest absolute Gasteiger partial charge is 0.476 e. The van der Waals surface area contributed by atoms with Gasteiger partial charge >= 0.3 is 35.5 Å². The van der Waals surface area contributed by atoms with Crippen LogP contribution in [0, 0.1) is 11.8 Å². The molecule has 6 N–H and O–H groups in total. The molecule has 0 unspecified atom stereocenters. The van der Waals surface area contributed by atoms with Crippen molar-refractivity contribution in [1.82, 2.24) is 35.0 Å². The molecule has 24 nitrogen and oxygen atoms in total. The summed E-state index contributed by atoms with van der Waals surface area (Å²) in [6, 6.07) is 14.6. The van der Waals surface area contributed by atoms with Crippen molar-refractivity contribution in [2.24, 2.45) is 36.1 Å². The van der Waals surface area contributed by atoms with E-state index in [1.165, 1.54) is 48.5 Å². The summed E-state index contributed by atoms with van der Waals surface area (Å²) >= 11 is 5.58. The van der Waals surface area contributed by atoms with E-state index < -0.39 is 91.2 Å². The fourth-order valence-electron chi connectivity index (χ4n) is 8.36. The van der Waals surface area contributed by atoms with Crippen molar-refractivity contribution in [3.05, 3.63) is 125 Å². The normalized spacial score (nSPS) is 14.2. The van der Waals surface area contributed by atoms with Gasteiger partial charge in [0.25, 0.3) is 22.9 Å². The second-order valence-electron chi connectivity index (χ2n) is 22.3. The third kappa shape index (κ3) is 25.9. The van der Waals surface area contributed by atoms with Crippen LogP contribution in [-0.2, 0) is 46.4 Å². The number of nitrogens with zero attached hydrogens (tertiary/aromatic N) is 8. The van der Waals surface area contributed by atoms with Crippen molar-refractivity contribution in [3.8, 4) is 0 Å². The number of halogens is 7. The number of likely N-dealkylation sites (N-methyl/N-ethyl adjacent to an activating group) is 3. The van der Waals surface area contributed by atoms with Crippen LogP contribution >= 0.6 is 11.6 Å². The summed E-state index contributed by atoms with van der Waals surface area (Å²) in [5, 5.41) is 39.8. The Morgan fingerprint density at radius 1 is 0.628 bits per heavy atom. The zero-order valence-electron chi connectivity index (χ0n) is 50.0. The highest BCUT2D eigenvalue weighted by Crippen LogP contribution is 2.21. The number of amides is 4. The number of hydrogen-bond acceptors (Lipinski definition) is 13. The van der Waals surface area contributed by atoms with E-state index in [9.17, 15) is 74.9 Å². The summed E-state index contributed by atoms with van der Waals surface area (Å²) in [7, 11) is 8.17. The number of nitrogens with one attached hydrogen (secondary N) is 6. The summed E-state index contributed by atoms with van der Waals surface area (Å²) in [6.45, 7) is 14.0. The van der Waals surface area contributed by atoms with Crippen LogP contribution in [0.4, 0.5) is 37.7 Å². The molecule has 0 aliphatic carbocycles. The number of alkyl halides is 7. The molecule has 4 rings (SSSR count). The van der Waals surface area contributed by atoms with E-state index in [0.29, 0.717) is 23.8 Å². The number of aromatic amines is 2. The first-order chi connectivity index (χ1) is 39.0. The SMILES string of the molecule is C.CC(C)CN(C)NC(=O)C(F)(F)F.CC(C)C[N@@+](C)(CC([O-])=N[N@+](C)(CC(=O)Nc1ccc(C(C)C)cc1)Cc1c[nH]c(=O)n(C)c1=O)NC(=O)C(F)(F)F.CC(C)c1ccc(NC(=O)C[N@+](C)(Cc2c[nH]c(=O)n(C)c2=O)N=C([O-])CCl)cc1. The van der Waals surface area contributed by atoms with Crippen LogP contribution in [0.5, 0.6) is 0 Å². The van der Waals surface area contributed by atoms with Crippen LogP contribution in [0.15, 0.2) is 90.3 Å². The molecule has 2 aromatic heterocycles. The highest BCUT2D eigenvalue weighted by molar-refractivity contribution is 6.26. The van der Waals surface area contributed by atoms with E-state index in [4.69, 9.17) is 11.6 Å². The van der Waals surface area contributed by atoms with Crippen LogP contribution in [0.1, 0.15) is 96.9 Å². The van der Waals surface area contributed by atoms with Gasteiger partial charge in [0.2, 0.25) is 0 Å². The molecular formula is C55H82ClF6N14O10+. The van der Waals surface area contributed by atoms with Crippen LogP contribution in [-0.4, -0.2) is 152 Å². The molecule has 2 heterocycles. The maximum Gasteiger partial charge on any atom is 0.476 e. The summed E-state index contributed by atoms with van der Waals surface area (Å²) in [4.78, 5) is 101. The minimum atomic E-state index is -5.17. The summed E-state index contributed by atoms with van der Waals surface area (Å²) in [6.07, 6.45) is -7.56. The maximum absolute atomic E-state index is 13.2. The first-order valence-corrected chi connectivity index (χ1v) is 27.0. The first kappa shape index (κ1) is 76.3. The average molecular weight is 1250 g/mol. The number of hydrazine groups is 1. The largest absolute Gasteiger partial charge is 0.857 e. The minimum Gasteiger partial charge on any atom is -0.857 e. The number of carbonyl (C=O) groups is 4. The molecule has 4 amide bonds. The minimum absolute atomic E-state index is 0. The monoisotopic (exact) mass is 1250 g/mol. The van der Waals surface area contributed by atoms with Gasteiger partial charge < -0.3 is 30.8 Å². The fraction of sp³-hybridized carbons (Fsp3) is 0.527. The fourth-order valence-corrected chi connectivity index (χ4v) is 8.41. The lowest BCUT2D eigenvalue weighted by molar-refractivity contribution is -0.944. The molecule has 0 aliphatic rings. The van der Waals surface area contributed by atoms with Gasteiger partial charge in [0.15, 0.2) is 13.1 Å². The second-order valence-corrected chi connectivity index (χ2v) is 22.6. The zero-order chi connectivity index (χ0) is 65.2. The van der Waals surface area contributed by atoms with E-state index in [1.54, 1.807) is 43.5 Å². The number of hydrogen-bond donors (Lipinski definition) is 6. The number of rotatable bonds is 23. The molecule has 0 saturated carbocycles. The second kappa shape index (κ2) is 32.7. The molecule has 0 radical (unpaired) electrons. The predicted molar refractivity (Wildman–Crippen MR) is 311 cm³/mol. The molecule has 86 heavy (non-hydrogen) atoms. The molecule has 0 spiro atoms. The van der Waals surface area contributed by atoms with Crippen LogP contribution < -0.4 is 54.2 Å². The number of anilines is 2. The third-order valence-electron chi connectivity index (χ3n) is 12.1. The van der Waals surface area contributed by atoms with Crippen LogP contribution in [0.25, 0.3) is 0 Å². The Bertz CT molecular complexity index is 3220. The highest BCUT2D eigenvalue weighted by atomic mass is 35.5. The number of carbonyl (C=O) groups excluding carboxylic acids is 4. The number of H-pyrrole nitrogens is 2. The van der Waals surface area contributed by atoms with Crippen molar-refractivity contribution in [1.29, 1.82) is 0 Å².